The maximum Gasteiger partial charge on any atom is 0.527 e. The van der Waals surface area contributed by atoms with Gasteiger partial charge in [0.1, 0.15) is 13.1 Å². The molecule has 3 heteroatoms. The molecule has 3 nitrogen and oxygen atoms in total. The number of fused-ring (bicyclic) bond motifs is 1. The second-order valence-corrected chi connectivity index (χ2v) is 5.17. The van der Waals surface area contributed by atoms with Crippen molar-refractivity contribution in [3.63, 3.8) is 0 Å². The molecule has 0 atom stereocenters. The predicted octanol–water partition coefficient (Wildman–Crippen LogP) is 5.19. The Bertz CT molecular complexity index is 914. The molecule has 0 fully saturated rings. The average molecular weight is 295 g/mol. The van der Waals surface area contributed by atoms with Crippen molar-refractivity contribution in [3.05, 3.63) is 106 Å². The Kier molecular flexibility index (Phi) is 3.87. The zero-order valence-electron chi connectivity index (χ0n) is 12.6. The summed E-state index contributed by atoms with van der Waals surface area (Å²) in [6.45, 7) is 16.4. The van der Waals surface area contributed by atoms with E-state index in [1.807, 2.05) is 61.5 Å². The molecule has 2 aromatic carbocycles. The monoisotopic (exact) mass is 295 g/mol. The fraction of sp³-hybridized carbons (Fsp3) is 0.0500. The fourth-order valence-corrected chi connectivity index (χ4v) is 2.48. The Morgan fingerprint density at radius 3 is 2.17 bits per heavy atom. The first-order valence-electron chi connectivity index (χ1n) is 7.15. The van der Waals surface area contributed by atoms with Gasteiger partial charge >= 0.3 is 5.82 Å². The van der Waals surface area contributed by atoms with E-state index in [-0.39, 0.29) is 5.82 Å². The number of benzene rings is 2. The zero-order chi connectivity index (χ0) is 16.2. The van der Waals surface area contributed by atoms with Crippen LogP contribution in [-0.2, 0) is 0 Å². The molecule has 2 aromatic rings. The summed E-state index contributed by atoms with van der Waals surface area (Å²) in [5.41, 5.74) is 5.39. The Morgan fingerprint density at radius 2 is 1.52 bits per heavy atom. The third-order valence-corrected chi connectivity index (χ3v) is 3.64. The normalized spacial score (nSPS) is 14.0. The molecule has 108 valence electrons. The van der Waals surface area contributed by atoms with Crippen molar-refractivity contribution in [3.8, 4) is 0 Å². The molecule has 0 saturated heterocycles. The van der Waals surface area contributed by atoms with Crippen molar-refractivity contribution in [2.24, 2.45) is 4.99 Å². The van der Waals surface area contributed by atoms with E-state index in [1.54, 1.807) is 6.08 Å². The number of hydrogen-bond acceptors (Lipinski definition) is 1. The Morgan fingerprint density at radius 1 is 0.870 bits per heavy atom. The summed E-state index contributed by atoms with van der Waals surface area (Å²) in [5.74, 6) is 0.0862. The molecule has 3 rings (SSSR count). The van der Waals surface area contributed by atoms with Gasteiger partial charge in [0.25, 0.3) is 0 Å². The summed E-state index contributed by atoms with van der Waals surface area (Å²) in [6, 6.07) is 15.8. The van der Waals surface area contributed by atoms with Gasteiger partial charge in [-0.05, 0) is 30.7 Å². The van der Waals surface area contributed by atoms with Crippen LogP contribution in [0, 0.1) is 20.1 Å². The first kappa shape index (κ1) is 14.5. The van der Waals surface area contributed by atoms with Gasteiger partial charge < -0.3 is 0 Å². The van der Waals surface area contributed by atoms with E-state index in [2.05, 4.69) is 9.69 Å². The van der Waals surface area contributed by atoms with E-state index in [0.717, 1.165) is 22.5 Å². The SMILES string of the molecule is [C-]#[N+]C([N+]#[C-])=C1C=CC(=Nc2ccc(C)cc2)c2ccccc21. The van der Waals surface area contributed by atoms with Gasteiger partial charge in [-0.3, -0.25) is 0 Å². The molecule has 0 saturated carbocycles. The molecular formula is C20H13N3. The van der Waals surface area contributed by atoms with Crippen LogP contribution in [0.1, 0.15) is 16.7 Å². The lowest BCUT2D eigenvalue weighted by Crippen LogP contribution is -2.06. The van der Waals surface area contributed by atoms with E-state index in [4.69, 9.17) is 18.1 Å². The van der Waals surface area contributed by atoms with Crippen LogP contribution in [0.5, 0.6) is 0 Å². The summed E-state index contributed by atoms with van der Waals surface area (Å²) >= 11 is 0. The van der Waals surface area contributed by atoms with E-state index in [0.29, 0.717) is 5.57 Å². The van der Waals surface area contributed by atoms with Gasteiger partial charge in [0.2, 0.25) is 0 Å². The zero-order valence-corrected chi connectivity index (χ0v) is 12.6. The van der Waals surface area contributed by atoms with Gasteiger partial charge in [-0.25, -0.2) is 4.99 Å². The summed E-state index contributed by atoms with van der Waals surface area (Å²) in [6.07, 6.45) is 3.68. The summed E-state index contributed by atoms with van der Waals surface area (Å²) in [5, 5.41) is 0. The smallest absolute Gasteiger partial charge is 0.248 e. The minimum Gasteiger partial charge on any atom is -0.248 e. The van der Waals surface area contributed by atoms with Crippen LogP contribution in [0.3, 0.4) is 0 Å². The highest BCUT2D eigenvalue weighted by Crippen LogP contribution is 2.31. The van der Waals surface area contributed by atoms with Gasteiger partial charge in [-0.1, -0.05) is 48.0 Å². The van der Waals surface area contributed by atoms with Crippen molar-refractivity contribution in [2.75, 3.05) is 0 Å². The fourth-order valence-electron chi connectivity index (χ4n) is 2.48. The van der Waals surface area contributed by atoms with Crippen molar-refractivity contribution >= 4 is 17.0 Å². The third kappa shape index (κ3) is 2.81. The molecule has 1 aliphatic carbocycles. The van der Waals surface area contributed by atoms with Crippen LogP contribution in [0.4, 0.5) is 5.69 Å². The van der Waals surface area contributed by atoms with Crippen LogP contribution in [0.2, 0.25) is 0 Å². The van der Waals surface area contributed by atoms with Gasteiger partial charge in [0, 0.05) is 5.56 Å². The van der Waals surface area contributed by atoms with Crippen LogP contribution < -0.4 is 0 Å². The largest absolute Gasteiger partial charge is 0.527 e. The standard InChI is InChI=1S/C20H13N3/c1-14-8-10-15(11-9-14)23-19-13-12-18(20(21-2)22-3)16-6-4-5-7-17(16)19/h4-13H,1H3. The van der Waals surface area contributed by atoms with Crippen molar-refractivity contribution in [1.29, 1.82) is 0 Å². The van der Waals surface area contributed by atoms with Gasteiger partial charge in [0.05, 0.1) is 17.0 Å². The van der Waals surface area contributed by atoms with Gasteiger partial charge in [-0.2, -0.15) is 9.69 Å². The Balaban J connectivity index is 2.16. The van der Waals surface area contributed by atoms with Gasteiger partial charge in [0.15, 0.2) is 0 Å². The van der Waals surface area contributed by atoms with Crippen LogP contribution in [-0.4, -0.2) is 5.71 Å². The van der Waals surface area contributed by atoms with E-state index in [1.165, 1.54) is 5.56 Å². The highest BCUT2D eigenvalue weighted by atomic mass is 14.9. The Labute approximate surface area is 135 Å². The molecule has 0 amide bonds. The van der Waals surface area contributed by atoms with Crippen molar-refractivity contribution < 1.29 is 0 Å². The minimum absolute atomic E-state index is 0.0862. The molecule has 0 bridgehead atoms. The molecule has 0 heterocycles. The quantitative estimate of drug-likeness (QED) is 0.645. The molecule has 0 aliphatic heterocycles. The van der Waals surface area contributed by atoms with Crippen LogP contribution in [0.15, 0.2) is 71.5 Å². The van der Waals surface area contributed by atoms with Crippen molar-refractivity contribution in [2.45, 2.75) is 6.92 Å². The van der Waals surface area contributed by atoms with E-state index < -0.39 is 0 Å². The first-order valence-corrected chi connectivity index (χ1v) is 7.15. The van der Waals surface area contributed by atoms with Crippen molar-refractivity contribution in [1.82, 2.24) is 0 Å². The molecule has 1 aliphatic rings. The predicted molar refractivity (Wildman–Crippen MR) is 93.1 cm³/mol. The minimum atomic E-state index is 0.0862. The highest BCUT2D eigenvalue weighted by Gasteiger charge is 2.22. The number of aliphatic imine (C=N–C) groups is 1. The van der Waals surface area contributed by atoms with E-state index >= 15 is 0 Å². The van der Waals surface area contributed by atoms with E-state index in [9.17, 15) is 0 Å². The molecular weight excluding hydrogens is 282 g/mol. The lowest BCUT2D eigenvalue weighted by atomic mass is 9.91. The molecule has 0 aromatic heterocycles. The third-order valence-electron chi connectivity index (χ3n) is 3.64. The number of nitrogens with zero attached hydrogens (tertiary/aromatic N) is 3. The molecule has 0 radical (unpaired) electrons. The maximum absolute atomic E-state index is 7.18. The molecule has 0 unspecified atom stereocenters. The Hall–Kier alpha value is -3.43. The summed E-state index contributed by atoms with van der Waals surface area (Å²) < 4.78 is 0. The number of rotatable bonds is 1. The molecule has 23 heavy (non-hydrogen) atoms. The number of hydrogen-bond donors (Lipinski definition) is 0. The lowest BCUT2D eigenvalue weighted by molar-refractivity contribution is 1.42. The summed E-state index contributed by atoms with van der Waals surface area (Å²) in [4.78, 5) is 11.4. The lowest BCUT2D eigenvalue weighted by Gasteiger charge is -2.14. The summed E-state index contributed by atoms with van der Waals surface area (Å²) in [7, 11) is 0. The number of aryl methyl sites for hydroxylation is 1. The maximum atomic E-state index is 7.18. The van der Waals surface area contributed by atoms with Gasteiger partial charge in [-0.15, -0.1) is 0 Å². The number of allylic oxidation sites excluding steroid dienone is 3. The topological polar surface area (TPSA) is 21.1 Å². The first-order chi connectivity index (χ1) is 11.2. The molecule has 0 spiro atoms. The average Bonchev–Trinajstić information content (AvgIpc) is 2.59. The molecule has 0 N–H and O–H groups in total. The second kappa shape index (κ2) is 6.13. The van der Waals surface area contributed by atoms with Crippen LogP contribution in [0.25, 0.3) is 15.3 Å². The second-order valence-electron chi connectivity index (χ2n) is 5.17. The highest BCUT2D eigenvalue weighted by molar-refractivity contribution is 6.16. The van der Waals surface area contributed by atoms with Crippen LogP contribution >= 0.6 is 0 Å².